The number of methoxy groups -OCH3 is 2. The fourth-order valence-electron chi connectivity index (χ4n) is 1.53. The first-order valence-corrected chi connectivity index (χ1v) is 5.67. The van der Waals surface area contributed by atoms with E-state index in [0.717, 1.165) is 30.8 Å². The number of ether oxygens (including phenoxy) is 2. The highest BCUT2D eigenvalue weighted by Gasteiger charge is 2.01. The van der Waals surface area contributed by atoms with Crippen molar-refractivity contribution in [1.82, 2.24) is 5.32 Å². The van der Waals surface area contributed by atoms with Crippen molar-refractivity contribution in [2.45, 2.75) is 19.4 Å². The quantitative estimate of drug-likeness (QED) is 0.579. The summed E-state index contributed by atoms with van der Waals surface area (Å²) >= 11 is 0. The third-order valence-corrected chi connectivity index (χ3v) is 2.47. The van der Waals surface area contributed by atoms with E-state index in [2.05, 4.69) is 10.1 Å². The first-order valence-electron chi connectivity index (χ1n) is 5.67. The molecule has 1 aromatic carbocycles. The van der Waals surface area contributed by atoms with Crippen molar-refractivity contribution in [3.8, 4) is 5.75 Å². The van der Waals surface area contributed by atoms with Crippen LogP contribution < -0.4 is 10.1 Å². The van der Waals surface area contributed by atoms with Crippen molar-refractivity contribution in [2.24, 2.45) is 0 Å². The number of carbonyl (C=O) groups is 1. The van der Waals surface area contributed by atoms with Crippen LogP contribution in [0.4, 0.5) is 0 Å². The fraction of sp³-hybridized carbons (Fsp3) is 0.462. The molecule has 0 aromatic heterocycles. The standard InChI is InChI=1S/C13H19NO3/c1-16-12-7-4-3-6-11(12)10-14-9-5-8-13(15)17-2/h3-4,6-7,14H,5,8-10H2,1-2H3. The van der Waals surface area contributed by atoms with Crippen LogP contribution in [0.25, 0.3) is 0 Å². The lowest BCUT2D eigenvalue weighted by atomic mass is 10.2. The summed E-state index contributed by atoms with van der Waals surface area (Å²) in [6.07, 6.45) is 1.23. The van der Waals surface area contributed by atoms with E-state index in [9.17, 15) is 4.79 Å². The Kier molecular flexibility index (Phi) is 6.10. The molecule has 4 heteroatoms. The summed E-state index contributed by atoms with van der Waals surface area (Å²) in [5.74, 6) is 0.719. The molecule has 0 amide bonds. The molecule has 1 aromatic rings. The van der Waals surface area contributed by atoms with Crippen molar-refractivity contribution >= 4 is 5.97 Å². The number of benzene rings is 1. The maximum atomic E-state index is 10.9. The van der Waals surface area contributed by atoms with Gasteiger partial charge in [0.25, 0.3) is 0 Å². The summed E-state index contributed by atoms with van der Waals surface area (Å²) in [6, 6.07) is 7.88. The number of rotatable bonds is 7. The van der Waals surface area contributed by atoms with E-state index in [1.807, 2.05) is 24.3 Å². The van der Waals surface area contributed by atoms with Gasteiger partial charge in [-0.1, -0.05) is 18.2 Å². The molecule has 0 saturated heterocycles. The fourth-order valence-corrected chi connectivity index (χ4v) is 1.53. The molecule has 0 heterocycles. The van der Waals surface area contributed by atoms with E-state index in [0.29, 0.717) is 6.42 Å². The van der Waals surface area contributed by atoms with E-state index >= 15 is 0 Å². The van der Waals surface area contributed by atoms with Crippen LogP contribution >= 0.6 is 0 Å². The molecule has 0 spiro atoms. The topological polar surface area (TPSA) is 47.6 Å². The normalized spacial score (nSPS) is 10.0. The third kappa shape index (κ3) is 4.87. The van der Waals surface area contributed by atoms with E-state index in [4.69, 9.17) is 4.74 Å². The Morgan fingerprint density at radius 1 is 1.29 bits per heavy atom. The Bertz CT molecular complexity index is 352. The maximum Gasteiger partial charge on any atom is 0.305 e. The van der Waals surface area contributed by atoms with Gasteiger partial charge in [-0.05, 0) is 19.0 Å². The van der Waals surface area contributed by atoms with Gasteiger partial charge >= 0.3 is 5.97 Å². The van der Waals surface area contributed by atoms with E-state index in [1.54, 1.807) is 7.11 Å². The van der Waals surface area contributed by atoms with Crippen molar-refractivity contribution in [1.29, 1.82) is 0 Å². The highest BCUT2D eigenvalue weighted by Crippen LogP contribution is 2.16. The highest BCUT2D eigenvalue weighted by molar-refractivity contribution is 5.69. The lowest BCUT2D eigenvalue weighted by Crippen LogP contribution is -2.16. The number of hydrogen-bond acceptors (Lipinski definition) is 4. The van der Waals surface area contributed by atoms with E-state index in [1.165, 1.54) is 7.11 Å². The molecular weight excluding hydrogens is 218 g/mol. The van der Waals surface area contributed by atoms with Crippen LogP contribution in [0.2, 0.25) is 0 Å². The van der Waals surface area contributed by atoms with Crippen LogP contribution in [0, 0.1) is 0 Å². The summed E-state index contributed by atoms with van der Waals surface area (Å²) in [5.41, 5.74) is 1.12. The van der Waals surface area contributed by atoms with Gasteiger partial charge in [0.15, 0.2) is 0 Å². The predicted octanol–water partition coefficient (Wildman–Crippen LogP) is 1.74. The Morgan fingerprint density at radius 3 is 2.76 bits per heavy atom. The predicted molar refractivity (Wildman–Crippen MR) is 66.0 cm³/mol. The largest absolute Gasteiger partial charge is 0.496 e. The molecule has 0 radical (unpaired) electrons. The smallest absolute Gasteiger partial charge is 0.305 e. The van der Waals surface area contributed by atoms with Crippen LogP contribution in [-0.4, -0.2) is 26.7 Å². The van der Waals surface area contributed by atoms with Crippen LogP contribution in [-0.2, 0) is 16.1 Å². The second-order valence-electron chi connectivity index (χ2n) is 3.67. The Labute approximate surface area is 102 Å². The summed E-state index contributed by atoms with van der Waals surface area (Å²) in [4.78, 5) is 10.9. The monoisotopic (exact) mass is 237 g/mol. The van der Waals surface area contributed by atoms with Gasteiger partial charge in [-0.15, -0.1) is 0 Å². The Morgan fingerprint density at radius 2 is 2.06 bits per heavy atom. The third-order valence-electron chi connectivity index (χ3n) is 2.47. The molecule has 94 valence electrons. The number of carbonyl (C=O) groups excluding carboxylic acids is 1. The Hall–Kier alpha value is -1.55. The van der Waals surface area contributed by atoms with Crippen LogP contribution in [0.5, 0.6) is 5.75 Å². The van der Waals surface area contributed by atoms with Crippen molar-refractivity contribution in [2.75, 3.05) is 20.8 Å². The average Bonchev–Trinajstić information content (AvgIpc) is 2.38. The van der Waals surface area contributed by atoms with Gasteiger partial charge in [0.2, 0.25) is 0 Å². The first-order chi connectivity index (χ1) is 8.27. The number of nitrogens with one attached hydrogen (secondary N) is 1. The van der Waals surface area contributed by atoms with Gasteiger partial charge < -0.3 is 14.8 Å². The molecule has 0 bridgehead atoms. The summed E-state index contributed by atoms with van der Waals surface area (Å²) in [5, 5.41) is 3.27. The number of para-hydroxylation sites is 1. The highest BCUT2D eigenvalue weighted by atomic mass is 16.5. The molecule has 1 N–H and O–H groups in total. The molecular formula is C13H19NO3. The molecule has 0 atom stereocenters. The van der Waals surface area contributed by atoms with Gasteiger partial charge in [-0.3, -0.25) is 4.79 Å². The zero-order valence-corrected chi connectivity index (χ0v) is 10.4. The molecule has 0 fully saturated rings. The first kappa shape index (κ1) is 13.5. The van der Waals surface area contributed by atoms with Crippen LogP contribution in [0.1, 0.15) is 18.4 Å². The van der Waals surface area contributed by atoms with Crippen LogP contribution in [0.15, 0.2) is 24.3 Å². The number of esters is 1. The zero-order chi connectivity index (χ0) is 12.5. The lowest BCUT2D eigenvalue weighted by Gasteiger charge is -2.09. The van der Waals surface area contributed by atoms with Gasteiger partial charge in [0.1, 0.15) is 5.75 Å². The molecule has 1 rings (SSSR count). The molecule has 4 nitrogen and oxygen atoms in total. The van der Waals surface area contributed by atoms with Crippen molar-refractivity contribution in [3.63, 3.8) is 0 Å². The molecule has 0 saturated carbocycles. The van der Waals surface area contributed by atoms with Gasteiger partial charge in [0.05, 0.1) is 14.2 Å². The second-order valence-corrected chi connectivity index (χ2v) is 3.67. The molecule has 0 aliphatic rings. The summed E-state index contributed by atoms with van der Waals surface area (Å²) in [6.45, 7) is 1.53. The summed E-state index contributed by atoms with van der Waals surface area (Å²) in [7, 11) is 3.07. The van der Waals surface area contributed by atoms with E-state index < -0.39 is 0 Å². The molecule has 0 aliphatic carbocycles. The zero-order valence-electron chi connectivity index (χ0n) is 10.4. The number of hydrogen-bond donors (Lipinski definition) is 1. The Balaban J connectivity index is 2.24. The SMILES string of the molecule is COC(=O)CCCNCc1ccccc1OC. The van der Waals surface area contributed by atoms with Gasteiger partial charge in [-0.25, -0.2) is 0 Å². The van der Waals surface area contributed by atoms with E-state index in [-0.39, 0.29) is 5.97 Å². The van der Waals surface area contributed by atoms with Crippen molar-refractivity contribution < 1.29 is 14.3 Å². The minimum atomic E-state index is -0.163. The summed E-state index contributed by atoms with van der Waals surface area (Å²) < 4.78 is 9.81. The second kappa shape index (κ2) is 7.68. The molecule has 0 unspecified atom stereocenters. The van der Waals surface area contributed by atoms with Gasteiger partial charge in [0, 0.05) is 18.5 Å². The van der Waals surface area contributed by atoms with Gasteiger partial charge in [-0.2, -0.15) is 0 Å². The van der Waals surface area contributed by atoms with Crippen molar-refractivity contribution in [3.05, 3.63) is 29.8 Å². The maximum absolute atomic E-state index is 10.9. The minimum Gasteiger partial charge on any atom is -0.496 e. The lowest BCUT2D eigenvalue weighted by molar-refractivity contribution is -0.140. The molecule has 0 aliphatic heterocycles. The molecule has 17 heavy (non-hydrogen) atoms. The minimum absolute atomic E-state index is 0.163. The average molecular weight is 237 g/mol. The van der Waals surface area contributed by atoms with Crippen LogP contribution in [0.3, 0.4) is 0 Å².